The van der Waals surface area contributed by atoms with E-state index in [1.807, 2.05) is 36.4 Å². The third-order valence-electron chi connectivity index (χ3n) is 6.16. The number of carbonyl (C=O) groups excluding carboxylic acids is 2. The molecule has 33 heavy (non-hydrogen) atoms. The Hall–Kier alpha value is -2.73. The molecule has 0 saturated heterocycles. The molecule has 1 unspecified atom stereocenters. The quantitative estimate of drug-likeness (QED) is 0.418. The second kappa shape index (κ2) is 12.5. The van der Waals surface area contributed by atoms with Gasteiger partial charge in [0.25, 0.3) is 0 Å². The van der Waals surface area contributed by atoms with Gasteiger partial charge < -0.3 is 19.7 Å². The zero-order valence-corrected chi connectivity index (χ0v) is 20.1. The van der Waals surface area contributed by atoms with Gasteiger partial charge in [-0.25, -0.2) is 0 Å². The minimum absolute atomic E-state index is 0.111. The second-order valence-corrected chi connectivity index (χ2v) is 8.61. The fourth-order valence-electron chi connectivity index (χ4n) is 4.38. The zero-order chi connectivity index (χ0) is 23.6. The summed E-state index contributed by atoms with van der Waals surface area (Å²) in [5, 5.41) is 3.22. The average molecular weight is 473 g/mol. The molecule has 1 aliphatic carbocycles. The Morgan fingerprint density at radius 1 is 1.00 bits per heavy atom. The van der Waals surface area contributed by atoms with Crippen LogP contribution in [0.4, 0.5) is 0 Å². The van der Waals surface area contributed by atoms with Gasteiger partial charge in [-0.2, -0.15) is 0 Å². The van der Waals surface area contributed by atoms with Crippen LogP contribution in [0.5, 0.6) is 11.5 Å². The second-order valence-electron chi connectivity index (χ2n) is 8.34. The molecule has 3 rings (SSSR count). The molecular formula is C26H33ClN2O4. The molecule has 1 N–H and O–H groups in total. The van der Waals surface area contributed by atoms with Crippen LogP contribution in [-0.2, 0) is 16.1 Å². The van der Waals surface area contributed by atoms with Gasteiger partial charge in [0.05, 0.1) is 20.8 Å². The van der Waals surface area contributed by atoms with E-state index >= 15 is 0 Å². The maximum Gasteiger partial charge on any atom is 0.247 e. The number of benzene rings is 2. The molecule has 1 fully saturated rings. The largest absolute Gasteiger partial charge is 0.497 e. The molecule has 0 bridgehead atoms. The van der Waals surface area contributed by atoms with Gasteiger partial charge in [-0.1, -0.05) is 56.0 Å². The molecule has 1 atom stereocenters. The summed E-state index contributed by atoms with van der Waals surface area (Å²) in [6.07, 6.45) is 6.50. The number of para-hydroxylation sites is 1. The number of amides is 2. The van der Waals surface area contributed by atoms with E-state index in [1.54, 1.807) is 31.3 Å². The van der Waals surface area contributed by atoms with Crippen molar-refractivity contribution in [1.82, 2.24) is 10.2 Å². The van der Waals surface area contributed by atoms with E-state index in [2.05, 4.69) is 5.32 Å². The molecule has 0 radical (unpaired) electrons. The first-order valence-electron chi connectivity index (χ1n) is 11.5. The van der Waals surface area contributed by atoms with Crippen LogP contribution in [-0.4, -0.2) is 42.9 Å². The van der Waals surface area contributed by atoms with Crippen molar-refractivity contribution in [2.75, 3.05) is 20.1 Å². The van der Waals surface area contributed by atoms with E-state index in [0.29, 0.717) is 17.1 Å². The molecular weight excluding hydrogens is 440 g/mol. The molecule has 2 aromatic rings. The van der Waals surface area contributed by atoms with Crippen LogP contribution in [0.2, 0.25) is 0 Å². The average Bonchev–Trinajstić information content (AvgIpc) is 3.12. The lowest BCUT2D eigenvalue weighted by molar-refractivity contribution is -0.140. The molecule has 2 aromatic carbocycles. The Morgan fingerprint density at radius 3 is 2.27 bits per heavy atom. The number of hydrogen-bond acceptors (Lipinski definition) is 4. The van der Waals surface area contributed by atoms with Gasteiger partial charge in [-0.3, -0.25) is 9.59 Å². The summed E-state index contributed by atoms with van der Waals surface area (Å²) in [6, 6.07) is 14.0. The molecule has 7 heteroatoms. The predicted molar refractivity (Wildman–Crippen MR) is 130 cm³/mol. The molecule has 178 valence electrons. The molecule has 6 nitrogen and oxygen atoms in total. The Balaban J connectivity index is 1.97. The number of hydrogen-bond donors (Lipinski definition) is 1. The Morgan fingerprint density at radius 2 is 1.67 bits per heavy atom. The van der Waals surface area contributed by atoms with Gasteiger partial charge in [0, 0.05) is 11.6 Å². The van der Waals surface area contributed by atoms with Crippen molar-refractivity contribution < 1.29 is 19.1 Å². The first-order chi connectivity index (χ1) is 16.1. The molecule has 1 aliphatic rings. The number of carbonyl (C=O) groups is 2. The molecule has 0 heterocycles. The fourth-order valence-corrected chi connectivity index (χ4v) is 4.53. The number of ether oxygens (including phenoxy) is 2. The van der Waals surface area contributed by atoms with Crippen LogP contribution in [0.3, 0.4) is 0 Å². The fraction of sp³-hybridized carbons (Fsp3) is 0.462. The van der Waals surface area contributed by atoms with Crippen molar-refractivity contribution in [2.45, 2.75) is 57.2 Å². The van der Waals surface area contributed by atoms with Crippen molar-refractivity contribution in [3.8, 4) is 11.5 Å². The summed E-state index contributed by atoms with van der Waals surface area (Å²) in [7, 11) is 3.18. The van der Waals surface area contributed by atoms with Gasteiger partial charge in [0.15, 0.2) is 0 Å². The van der Waals surface area contributed by atoms with Gasteiger partial charge in [0.1, 0.15) is 23.4 Å². The van der Waals surface area contributed by atoms with E-state index in [4.69, 9.17) is 21.1 Å². The summed E-state index contributed by atoms with van der Waals surface area (Å²) in [5.74, 6) is 0.599. The summed E-state index contributed by atoms with van der Waals surface area (Å²) in [5.41, 5.74) is 1.51. The lowest BCUT2D eigenvalue weighted by atomic mass is 10.0. The van der Waals surface area contributed by atoms with Crippen molar-refractivity contribution in [3.63, 3.8) is 0 Å². The number of methoxy groups -OCH3 is 2. The normalized spacial score (nSPS) is 15.2. The first kappa shape index (κ1) is 24.9. The Labute approximate surface area is 201 Å². The van der Waals surface area contributed by atoms with Crippen LogP contribution in [0.1, 0.15) is 55.7 Å². The summed E-state index contributed by atoms with van der Waals surface area (Å²) < 4.78 is 10.8. The van der Waals surface area contributed by atoms with Gasteiger partial charge in [-0.05, 0) is 36.6 Å². The number of nitrogens with zero attached hydrogens (tertiary/aromatic N) is 1. The van der Waals surface area contributed by atoms with E-state index in [1.165, 1.54) is 12.8 Å². The SMILES string of the molecule is COc1ccc(C(C(=O)NC2CCCCCC2)N(Cc2ccccc2OC)C(=O)CCl)cc1. The van der Waals surface area contributed by atoms with Gasteiger partial charge in [-0.15, -0.1) is 11.6 Å². The highest BCUT2D eigenvalue weighted by atomic mass is 35.5. The maximum absolute atomic E-state index is 13.7. The molecule has 2 amide bonds. The monoisotopic (exact) mass is 472 g/mol. The summed E-state index contributed by atoms with van der Waals surface area (Å²) in [4.78, 5) is 28.3. The minimum Gasteiger partial charge on any atom is -0.497 e. The molecule has 0 aliphatic heterocycles. The topological polar surface area (TPSA) is 67.9 Å². The van der Waals surface area contributed by atoms with E-state index in [0.717, 1.165) is 31.2 Å². The van der Waals surface area contributed by atoms with Gasteiger partial charge in [0.2, 0.25) is 11.8 Å². The highest BCUT2D eigenvalue weighted by molar-refractivity contribution is 6.27. The number of halogens is 1. The van der Waals surface area contributed by atoms with Crippen LogP contribution in [0.25, 0.3) is 0 Å². The van der Waals surface area contributed by atoms with E-state index in [-0.39, 0.29) is 30.3 Å². The lowest BCUT2D eigenvalue weighted by Gasteiger charge is -2.32. The lowest BCUT2D eigenvalue weighted by Crippen LogP contribution is -2.46. The Bertz CT molecular complexity index is 911. The van der Waals surface area contributed by atoms with E-state index in [9.17, 15) is 9.59 Å². The Kier molecular flexibility index (Phi) is 9.43. The third-order valence-corrected chi connectivity index (χ3v) is 6.39. The van der Waals surface area contributed by atoms with Crippen molar-refractivity contribution >= 4 is 23.4 Å². The molecule has 0 spiro atoms. The zero-order valence-electron chi connectivity index (χ0n) is 19.4. The van der Waals surface area contributed by atoms with Crippen LogP contribution in [0, 0.1) is 0 Å². The first-order valence-corrected chi connectivity index (χ1v) is 12.0. The van der Waals surface area contributed by atoms with Gasteiger partial charge >= 0.3 is 0 Å². The standard InChI is InChI=1S/C26H33ClN2O4/c1-32-22-15-13-19(14-16-22)25(26(31)28-21-10-5-3-4-6-11-21)29(24(30)17-27)18-20-9-7-8-12-23(20)33-2/h7-9,12-16,21,25H,3-6,10-11,17-18H2,1-2H3,(H,28,31). The van der Waals surface area contributed by atoms with E-state index < -0.39 is 6.04 Å². The van der Waals surface area contributed by atoms with Crippen molar-refractivity contribution in [3.05, 3.63) is 59.7 Å². The minimum atomic E-state index is -0.824. The van der Waals surface area contributed by atoms with Crippen molar-refractivity contribution in [1.29, 1.82) is 0 Å². The van der Waals surface area contributed by atoms with Crippen LogP contribution < -0.4 is 14.8 Å². The summed E-state index contributed by atoms with van der Waals surface area (Å²) >= 11 is 6.01. The van der Waals surface area contributed by atoms with Crippen LogP contribution in [0.15, 0.2) is 48.5 Å². The number of alkyl halides is 1. The third kappa shape index (κ3) is 6.64. The predicted octanol–water partition coefficient (Wildman–Crippen LogP) is 4.85. The maximum atomic E-state index is 13.7. The summed E-state index contributed by atoms with van der Waals surface area (Å²) in [6.45, 7) is 0.199. The molecule has 1 saturated carbocycles. The number of nitrogens with one attached hydrogen (secondary N) is 1. The highest BCUT2D eigenvalue weighted by Crippen LogP contribution is 2.29. The van der Waals surface area contributed by atoms with Crippen LogP contribution >= 0.6 is 11.6 Å². The highest BCUT2D eigenvalue weighted by Gasteiger charge is 2.33. The smallest absolute Gasteiger partial charge is 0.247 e. The van der Waals surface area contributed by atoms with Crippen molar-refractivity contribution in [2.24, 2.45) is 0 Å². The molecule has 0 aromatic heterocycles. The number of rotatable bonds is 9.